The molecule has 0 radical (unpaired) electrons. The molecule has 6 heteroatoms. The first-order valence-corrected chi connectivity index (χ1v) is 7.65. The van der Waals surface area contributed by atoms with Crippen LogP contribution in [-0.2, 0) is 4.79 Å². The number of likely N-dealkylation sites (tertiary alicyclic amines) is 2. The van der Waals surface area contributed by atoms with E-state index in [1.165, 1.54) is 19.3 Å². The number of urea groups is 1. The van der Waals surface area contributed by atoms with E-state index in [-0.39, 0.29) is 11.9 Å². The van der Waals surface area contributed by atoms with Gasteiger partial charge in [0.1, 0.15) is 0 Å². The van der Waals surface area contributed by atoms with Crippen molar-refractivity contribution in [1.29, 1.82) is 0 Å². The zero-order valence-electron chi connectivity index (χ0n) is 12.0. The Balaban J connectivity index is 1.61. The van der Waals surface area contributed by atoms with Crippen LogP contribution < -0.4 is 5.32 Å². The number of nitrogens with one attached hydrogen (secondary N) is 1. The highest BCUT2D eigenvalue weighted by Crippen LogP contribution is 2.17. The Bertz CT molecular complexity index is 335. The number of aliphatic carboxylic acids is 1. The molecule has 0 aromatic heterocycles. The number of piperidine rings is 2. The molecule has 0 unspecified atom stereocenters. The number of amides is 2. The van der Waals surface area contributed by atoms with Crippen molar-refractivity contribution < 1.29 is 14.7 Å². The van der Waals surface area contributed by atoms with Gasteiger partial charge in [0, 0.05) is 26.2 Å². The molecule has 2 saturated heterocycles. The third kappa shape index (κ3) is 4.37. The molecule has 20 heavy (non-hydrogen) atoms. The Morgan fingerprint density at radius 2 is 1.70 bits per heavy atom. The summed E-state index contributed by atoms with van der Waals surface area (Å²) in [5.41, 5.74) is 0. The second kappa shape index (κ2) is 7.47. The van der Waals surface area contributed by atoms with Crippen molar-refractivity contribution in [2.75, 3.05) is 39.3 Å². The van der Waals surface area contributed by atoms with Crippen molar-refractivity contribution in [3.63, 3.8) is 0 Å². The van der Waals surface area contributed by atoms with Crippen molar-refractivity contribution in [2.24, 2.45) is 5.92 Å². The summed E-state index contributed by atoms with van der Waals surface area (Å²) < 4.78 is 0. The predicted octanol–water partition coefficient (Wildman–Crippen LogP) is 0.978. The van der Waals surface area contributed by atoms with Gasteiger partial charge in [-0.15, -0.1) is 0 Å². The van der Waals surface area contributed by atoms with E-state index in [4.69, 9.17) is 5.11 Å². The molecule has 0 bridgehead atoms. The lowest BCUT2D eigenvalue weighted by Crippen LogP contribution is -2.47. The number of carbonyl (C=O) groups is 2. The summed E-state index contributed by atoms with van der Waals surface area (Å²) in [4.78, 5) is 26.9. The number of hydrogen-bond donors (Lipinski definition) is 2. The second-order valence-corrected chi connectivity index (χ2v) is 5.73. The van der Waals surface area contributed by atoms with E-state index in [0.29, 0.717) is 32.5 Å². The number of hydrogen-bond acceptors (Lipinski definition) is 3. The Hall–Kier alpha value is -1.30. The summed E-state index contributed by atoms with van der Waals surface area (Å²) in [6.45, 7) is 4.97. The monoisotopic (exact) mass is 283 g/mol. The molecule has 2 rings (SSSR count). The van der Waals surface area contributed by atoms with E-state index in [1.807, 2.05) is 0 Å². The molecule has 0 atom stereocenters. The number of carboxylic acid groups (broad SMARTS) is 1. The summed E-state index contributed by atoms with van der Waals surface area (Å²) in [6, 6.07) is -0.0501. The minimum atomic E-state index is -0.741. The lowest BCUT2D eigenvalue weighted by molar-refractivity contribution is -0.143. The zero-order chi connectivity index (χ0) is 14.4. The molecule has 0 aliphatic carbocycles. The van der Waals surface area contributed by atoms with Crippen LogP contribution in [0, 0.1) is 5.92 Å². The Morgan fingerprint density at radius 1 is 1.05 bits per heavy atom. The lowest BCUT2D eigenvalue weighted by Gasteiger charge is -2.31. The van der Waals surface area contributed by atoms with Crippen LogP contribution in [0.25, 0.3) is 0 Å². The topological polar surface area (TPSA) is 72.9 Å². The Morgan fingerprint density at radius 3 is 2.30 bits per heavy atom. The van der Waals surface area contributed by atoms with Gasteiger partial charge in [0.15, 0.2) is 0 Å². The average Bonchev–Trinajstić information content (AvgIpc) is 2.48. The summed E-state index contributed by atoms with van der Waals surface area (Å²) in [6.07, 6.45) is 4.97. The third-order valence-electron chi connectivity index (χ3n) is 4.28. The average molecular weight is 283 g/mol. The highest BCUT2D eigenvalue weighted by molar-refractivity contribution is 5.75. The normalized spacial score (nSPS) is 21.7. The summed E-state index contributed by atoms with van der Waals surface area (Å²) >= 11 is 0. The molecule has 0 aromatic rings. The van der Waals surface area contributed by atoms with Crippen molar-refractivity contribution in [3.05, 3.63) is 0 Å². The van der Waals surface area contributed by atoms with E-state index >= 15 is 0 Å². The van der Waals surface area contributed by atoms with Crippen LogP contribution in [0.15, 0.2) is 0 Å². The maximum absolute atomic E-state index is 12.0. The van der Waals surface area contributed by atoms with Crippen LogP contribution in [0.5, 0.6) is 0 Å². The molecule has 2 N–H and O–H groups in total. The Kier molecular flexibility index (Phi) is 5.64. The summed E-state index contributed by atoms with van der Waals surface area (Å²) in [5, 5.41) is 11.9. The minimum absolute atomic E-state index is 0.0501. The van der Waals surface area contributed by atoms with Gasteiger partial charge in [0.25, 0.3) is 0 Å². The van der Waals surface area contributed by atoms with E-state index in [1.54, 1.807) is 4.90 Å². The zero-order valence-corrected chi connectivity index (χ0v) is 12.0. The molecule has 114 valence electrons. The van der Waals surface area contributed by atoms with Gasteiger partial charge in [0.05, 0.1) is 5.92 Å². The SMILES string of the molecule is O=C(O)C1CCN(C(=O)NCCN2CCCCC2)CC1. The van der Waals surface area contributed by atoms with Gasteiger partial charge in [-0.2, -0.15) is 0 Å². The number of nitrogens with zero attached hydrogens (tertiary/aromatic N) is 2. The van der Waals surface area contributed by atoms with Gasteiger partial charge in [-0.25, -0.2) is 4.79 Å². The molecule has 2 amide bonds. The second-order valence-electron chi connectivity index (χ2n) is 5.73. The van der Waals surface area contributed by atoms with E-state index in [0.717, 1.165) is 19.6 Å². The lowest BCUT2D eigenvalue weighted by atomic mass is 9.97. The van der Waals surface area contributed by atoms with Gasteiger partial charge in [-0.05, 0) is 38.8 Å². The van der Waals surface area contributed by atoms with Gasteiger partial charge in [-0.1, -0.05) is 6.42 Å². The summed E-state index contributed by atoms with van der Waals surface area (Å²) in [7, 11) is 0. The molecule has 0 spiro atoms. The van der Waals surface area contributed by atoms with Crippen LogP contribution in [-0.4, -0.2) is 66.2 Å². The first-order chi connectivity index (χ1) is 9.66. The number of carbonyl (C=O) groups excluding carboxylic acids is 1. The highest BCUT2D eigenvalue weighted by Gasteiger charge is 2.26. The molecule has 2 aliphatic heterocycles. The van der Waals surface area contributed by atoms with E-state index < -0.39 is 5.97 Å². The minimum Gasteiger partial charge on any atom is -0.481 e. The van der Waals surface area contributed by atoms with Crippen LogP contribution in [0.1, 0.15) is 32.1 Å². The third-order valence-corrected chi connectivity index (χ3v) is 4.28. The quantitative estimate of drug-likeness (QED) is 0.806. The fourth-order valence-corrected chi connectivity index (χ4v) is 2.95. The fourth-order valence-electron chi connectivity index (χ4n) is 2.95. The molecule has 2 aliphatic rings. The fraction of sp³-hybridized carbons (Fsp3) is 0.857. The molecular weight excluding hydrogens is 258 g/mol. The van der Waals surface area contributed by atoms with Crippen molar-refractivity contribution in [3.8, 4) is 0 Å². The molecular formula is C14H25N3O3. The molecule has 0 aromatic carbocycles. The molecule has 2 fully saturated rings. The van der Waals surface area contributed by atoms with E-state index in [9.17, 15) is 9.59 Å². The Labute approximate surface area is 120 Å². The smallest absolute Gasteiger partial charge is 0.317 e. The maximum Gasteiger partial charge on any atom is 0.317 e. The van der Waals surface area contributed by atoms with Gasteiger partial charge >= 0.3 is 12.0 Å². The maximum atomic E-state index is 12.0. The van der Waals surface area contributed by atoms with Gasteiger partial charge in [-0.3, -0.25) is 4.79 Å². The van der Waals surface area contributed by atoms with Crippen LogP contribution in [0.3, 0.4) is 0 Å². The van der Waals surface area contributed by atoms with Crippen LogP contribution >= 0.6 is 0 Å². The largest absolute Gasteiger partial charge is 0.481 e. The van der Waals surface area contributed by atoms with Crippen molar-refractivity contribution in [2.45, 2.75) is 32.1 Å². The van der Waals surface area contributed by atoms with Crippen molar-refractivity contribution >= 4 is 12.0 Å². The first kappa shape index (κ1) is 15.1. The van der Waals surface area contributed by atoms with Gasteiger partial charge < -0.3 is 20.2 Å². The predicted molar refractivity (Wildman–Crippen MR) is 75.6 cm³/mol. The van der Waals surface area contributed by atoms with E-state index in [2.05, 4.69) is 10.2 Å². The molecule has 2 heterocycles. The number of carboxylic acids is 1. The van der Waals surface area contributed by atoms with Gasteiger partial charge in [0.2, 0.25) is 0 Å². The standard InChI is InChI=1S/C14H25N3O3/c18-13(19)12-4-9-17(10-5-12)14(20)15-6-11-16-7-2-1-3-8-16/h12H,1-11H2,(H,15,20)(H,18,19). The first-order valence-electron chi connectivity index (χ1n) is 7.65. The summed E-state index contributed by atoms with van der Waals surface area (Å²) in [5.74, 6) is -1.03. The number of rotatable bonds is 4. The highest BCUT2D eigenvalue weighted by atomic mass is 16.4. The molecule has 6 nitrogen and oxygen atoms in total. The van der Waals surface area contributed by atoms with Crippen molar-refractivity contribution in [1.82, 2.24) is 15.1 Å². The van der Waals surface area contributed by atoms with Crippen LogP contribution in [0.4, 0.5) is 4.79 Å². The molecule has 0 saturated carbocycles. The van der Waals surface area contributed by atoms with Crippen LogP contribution in [0.2, 0.25) is 0 Å².